The first kappa shape index (κ1) is 16.7. The average molecular weight is 329 g/mol. The Morgan fingerprint density at radius 1 is 1.00 bits per heavy atom. The third-order valence-corrected chi connectivity index (χ3v) is 12.8. The van der Waals surface area contributed by atoms with Gasteiger partial charge in [0, 0.05) is 0 Å². The van der Waals surface area contributed by atoms with E-state index in [0.717, 1.165) is 36.2 Å². The summed E-state index contributed by atoms with van der Waals surface area (Å²) in [5.74, 6) is 0.751. The second-order valence-corrected chi connectivity index (χ2v) is 13.6. The lowest BCUT2D eigenvalue weighted by atomic mass is 10.3. The van der Waals surface area contributed by atoms with Crippen LogP contribution in [0.4, 0.5) is 8.22 Å². The molecule has 1 aromatic carbocycles. The van der Waals surface area contributed by atoms with Crippen LogP contribution >= 0.6 is 0 Å². The summed E-state index contributed by atoms with van der Waals surface area (Å²) in [4.78, 5) is 0. The molecule has 1 aliphatic heterocycles. The lowest BCUT2D eigenvalue weighted by Crippen LogP contribution is -2.50. The van der Waals surface area contributed by atoms with Gasteiger partial charge in [-0.2, -0.15) is 0 Å². The Morgan fingerprint density at radius 3 is 2.14 bits per heavy atom. The molecule has 0 aliphatic carbocycles. The van der Waals surface area contributed by atoms with Crippen molar-refractivity contribution in [2.75, 3.05) is 7.11 Å². The van der Waals surface area contributed by atoms with Gasteiger partial charge in [0.05, 0.1) is 7.11 Å². The molecule has 2 rings (SSSR count). The first-order valence-electron chi connectivity index (χ1n) is 8.04. The Labute approximate surface area is 129 Å². The highest BCUT2D eigenvalue weighted by molar-refractivity contribution is 6.91. The SMILES string of the molecule is CCCCC[Si]1(F)CC[Si](F)(c2ccc(OC)cc2)CC1. The largest absolute Gasteiger partial charge is 0.497 e. The minimum absolute atomic E-state index is 0.480. The van der Waals surface area contributed by atoms with Crippen LogP contribution in [0.3, 0.4) is 0 Å². The Hall–Kier alpha value is -0.686. The molecule has 0 N–H and O–H groups in total. The van der Waals surface area contributed by atoms with E-state index in [9.17, 15) is 4.11 Å². The highest BCUT2D eigenvalue weighted by atomic mass is 28.4. The van der Waals surface area contributed by atoms with Crippen molar-refractivity contribution in [3.63, 3.8) is 0 Å². The maximum atomic E-state index is 15.2. The standard InChI is InChI=1S/C16H26F2OSi2/c1-3-4-5-10-20(17)11-13-21(18,14-12-20)16-8-6-15(19-2)7-9-16/h6-9H,3-5,10-14H2,1-2H3. The van der Waals surface area contributed by atoms with E-state index in [1.807, 2.05) is 24.3 Å². The van der Waals surface area contributed by atoms with Crippen LogP contribution in [0, 0.1) is 0 Å². The summed E-state index contributed by atoms with van der Waals surface area (Å²) in [6.07, 6.45) is 3.22. The summed E-state index contributed by atoms with van der Waals surface area (Å²) in [6, 6.07) is 10.1. The van der Waals surface area contributed by atoms with Gasteiger partial charge in [0.1, 0.15) is 5.75 Å². The van der Waals surface area contributed by atoms with Crippen molar-refractivity contribution >= 4 is 22.0 Å². The number of hydrogen-bond donors (Lipinski definition) is 0. The van der Waals surface area contributed by atoms with Gasteiger partial charge in [-0.3, -0.25) is 0 Å². The fourth-order valence-electron chi connectivity index (χ4n) is 3.21. The van der Waals surface area contributed by atoms with Gasteiger partial charge < -0.3 is 13.0 Å². The van der Waals surface area contributed by atoms with Crippen LogP contribution in [0.1, 0.15) is 26.2 Å². The third-order valence-electron chi connectivity index (χ3n) is 4.77. The molecule has 0 saturated carbocycles. The molecule has 1 fully saturated rings. The summed E-state index contributed by atoms with van der Waals surface area (Å²) in [7, 11) is -3.98. The third kappa shape index (κ3) is 4.16. The first-order chi connectivity index (χ1) is 10.0. The number of benzene rings is 1. The van der Waals surface area contributed by atoms with Gasteiger partial charge in [0.25, 0.3) is 8.41 Å². The fourth-order valence-corrected chi connectivity index (χ4v) is 13.2. The highest BCUT2D eigenvalue weighted by Gasteiger charge is 2.48. The predicted molar refractivity (Wildman–Crippen MR) is 89.9 cm³/mol. The molecule has 1 aliphatic rings. The van der Waals surface area contributed by atoms with Crippen molar-refractivity contribution in [2.45, 2.75) is 56.4 Å². The quantitative estimate of drug-likeness (QED) is 0.408. The smallest absolute Gasteiger partial charge is 0.277 e. The van der Waals surface area contributed by atoms with E-state index in [2.05, 4.69) is 6.92 Å². The molecular formula is C16H26F2OSi2. The molecular weight excluding hydrogens is 302 g/mol. The van der Waals surface area contributed by atoms with Crippen molar-refractivity contribution in [1.82, 2.24) is 0 Å². The van der Waals surface area contributed by atoms with Gasteiger partial charge >= 0.3 is 0 Å². The number of rotatable bonds is 6. The second-order valence-electron chi connectivity index (χ2n) is 6.30. The molecule has 118 valence electrons. The summed E-state index contributed by atoms with van der Waals surface area (Å²) >= 11 is 0. The second kappa shape index (κ2) is 7.05. The van der Waals surface area contributed by atoms with E-state index in [0.29, 0.717) is 24.2 Å². The maximum absolute atomic E-state index is 15.2. The Bertz CT molecular complexity index is 442. The Morgan fingerprint density at radius 2 is 1.62 bits per heavy atom. The number of methoxy groups -OCH3 is 1. The number of hydrogen-bond acceptors (Lipinski definition) is 1. The molecule has 0 radical (unpaired) electrons. The lowest BCUT2D eigenvalue weighted by Gasteiger charge is -2.34. The van der Waals surface area contributed by atoms with Crippen LogP contribution in [0.15, 0.2) is 24.3 Å². The molecule has 0 atom stereocenters. The van der Waals surface area contributed by atoms with Crippen LogP contribution < -0.4 is 9.92 Å². The molecule has 5 heteroatoms. The zero-order valence-electron chi connectivity index (χ0n) is 13.1. The zero-order chi connectivity index (χ0) is 15.3. The molecule has 21 heavy (non-hydrogen) atoms. The Balaban J connectivity index is 1.97. The molecule has 0 unspecified atom stereocenters. The van der Waals surface area contributed by atoms with Crippen molar-refractivity contribution < 1.29 is 13.0 Å². The summed E-state index contributed by atoms with van der Waals surface area (Å²) < 4.78 is 35.2. The van der Waals surface area contributed by atoms with E-state index in [4.69, 9.17) is 4.74 Å². The summed E-state index contributed by atoms with van der Waals surface area (Å²) in [5, 5.41) is 0.813. The van der Waals surface area contributed by atoms with E-state index >= 15 is 4.11 Å². The van der Waals surface area contributed by atoms with E-state index in [-0.39, 0.29) is 0 Å². The van der Waals surface area contributed by atoms with Gasteiger partial charge in [-0.15, -0.1) is 0 Å². The molecule has 1 heterocycles. The van der Waals surface area contributed by atoms with E-state index in [1.54, 1.807) is 7.11 Å². The van der Waals surface area contributed by atoms with Crippen LogP contribution in [-0.4, -0.2) is 23.9 Å². The summed E-state index contributed by atoms with van der Waals surface area (Å²) in [5.41, 5.74) is 0. The molecule has 1 nitrogen and oxygen atoms in total. The van der Waals surface area contributed by atoms with E-state index < -0.39 is 16.8 Å². The predicted octanol–water partition coefficient (Wildman–Crippen LogP) is 4.94. The van der Waals surface area contributed by atoms with Crippen LogP contribution in [-0.2, 0) is 0 Å². The van der Waals surface area contributed by atoms with E-state index in [1.165, 1.54) is 0 Å². The highest BCUT2D eigenvalue weighted by Crippen LogP contribution is 2.40. The zero-order valence-corrected chi connectivity index (χ0v) is 15.1. The molecule has 0 amide bonds. The first-order valence-corrected chi connectivity index (χ1v) is 12.8. The van der Waals surface area contributed by atoms with Gasteiger partial charge in [0.15, 0.2) is 0 Å². The van der Waals surface area contributed by atoms with Gasteiger partial charge in [-0.05, 0) is 47.5 Å². The van der Waals surface area contributed by atoms with Crippen LogP contribution in [0.2, 0.25) is 30.2 Å². The van der Waals surface area contributed by atoms with Gasteiger partial charge in [-0.1, -0.05) is 38.3 Å². The number of ether oxygens (including phenoxy) is 1. The molecule has 0 bridgehead atoms. The van der Waals surface area contributed by atoms with Crippen molar-refractivity contribution in [2.24, 2.45) is 0 Å². The van der Waals surface area contributed by atoms with Crippen molar-refractivity contribution in [3.05, 3.63) is 24.3 Å². The van der Waals surface area contributed by atoms with Gasteiger partial charge in [-0.25, -0.2) is 0 Å². The normalized spacial score (nSPS) is 29.3. The fraction of sp³-hybridized carbons (Fsp3) is 0.625. The molecule has 0 aromatic heterocycles. The molecule has 1 saturated heterocycles. The van der Waals surface area contributed by atoms with Gasteiger partial charge in [0.2, 0.25) is 8.41 Å². The minimum Gasteiger partial charge on any atom is -0.497 e. The average Bonchev–Trinajstić information content (AvgIpc) is 2.51. The monoisotopic (exact) mass is 328 g/mol. The number of unbranched alkanes of at least 4 members (excludes halogenated alkanes) is 2. The van der Waals surface area contributed by atoms with Crippen molar-refractivity contribution in [3.8, 4) is 5.75 Å². The summed E-state index contributed by atoms with van der Waals surface area (Å²) in [6.45, 7) is 2.14. The van der Waals surface area contributed by atoms with Crippen LogP contribution in [0.5, 0.6) is 5.75 Å². The lowest BCUT2D eigenvalue weighted by molar-refractivity contribution is 0.415. The topological polar surface area (TPSA) is 9.23 Å². The maximum Gasteiger partial charge on any atom is 0.277 e. The minimum atomic E-state index is -2.95. The number of halogens is 2. The van der Waals surface area contributed by atoms with Crippen LogP contribution in [0.25, 0.3) is 0 Å². The van der Waals surface area contributed by atoms with Crippen molar-refractivity contribution in [1.29, 1.82) is 0 Å². The Kier molecular flexibility index (Phi) is 5.60. The molecule has 1 aromatic rings. The molecule has 0 spiro atoms.